The Balaban J connectivity index is 2.07. The van der Waals surface area contributed by atoms with Crippen molar-refractivity contribution in [3.63, 3.8) is 0 Å². The van der Waals surface area contributed by atoms with Gasteiger partial charge in [-0.15, -0.1) is 0 Å². The van der Waals surface area contributed by atoms with E-state index in [9.17, 15) is 13.2 Å². The van der Waals surface area contributed by atoms with Gasteiger partial charge in [-0.1, -0.05) is 18.2 Å². The third-order valence-electron chi connectivity index (χ3n) is 3.29. The average molecular weight is 272 g/mol. The molecule has 106 valence electrons. The van der Waals surface area contributed by atoms with Gasteiger partial charge in [0, 0.05) is 31.7 Å². The maximum Gasteiger partial charge on any atom is 0.416 e. The minimum Gasteiger partial charge on any atom is -0.309 e. The molecule has 0 unspecified atom stereocenters. The van der Waals surface area contributed by atoms with Gasteiger partial charge in [-0.05, 0) is 25.5 Å². The van der Waals surface area contributed by atoms with Crippen molar-refractivity contribution < 1.29 is 13.2 Å². The van der Waals surface area contributed by atoms with E-state index in [-0.39, 0.29) is 0 Å². The number of piperazine rings is 1. The highest BCUT2D eigenvalue weighted by molar-refractivity contribution is 5.25. The number of nitrogens with zero attached hydrogens (tertiary/aromatic N) is 1. The lowest BCUT2D eigenvalue weighted by molar-refractivity contribution is -0.137. The van der Waals surface area contributed by atoms with Crippen LogP contribution in [0.15, 0.2) is 24.3 Å². The lowest BCUT2D eigenvalue weighted by Gasteiger charge is -2.36. The molecular formula is C14H19F3N2. The Kier molecular flexibility index (Phi) is 4.16. The molecule has 5 heteroatoms. The molecule has 0 aliphatic carbocycles. The minimum absolute atomic E-state index is 0.370. The normalized spacial score (nSPS) is 25.5. The predicted octanol–water partition coefficient (Wildman–Crippen LogP) is 2.89. The first-order chi connectivity index (χ1) is 8.84. The Bertz CT molecular complexity index is 421. The lowest BCUT2D eigenvalue weighted by atomic mass is 10.1. The fourth-order valence-electron chi connectivity index (χ4n) is 2.67. The molecule has 1 saturated heterocycles. The molecule has 1 aromatic carbocycles. The van der Waals surface area contributed by atoms with E-state index in [0.717, 1.165) is 24.7 Å². The highest BCUT2D eigenvalue weighted by Gasteiger charge is 2.30. The summed E-state index contributed by atoms with van der Waals surface area (Å²) in [5.41, 5.74) is 0.150. The zero-order valence-corrected chi connectivity index (χ0v) is 11.2. The van der Waals surface area contributed by atoms with Crippen molar-refractivity contribution in [1.82, 2.24) is 10.2 Å². The summed E-state index contributed by atoms with van der Waals surface area (Å²) >= 11 is 0. The van der Waals surface area contributed by atoms with E-state index >= 15 is 0 Å². The van der Waals surface area contributed by atoms with Gasteiger partial charge in [0.05, 0.1) is 5.56 Å². The second-order valence-electron chi connectivity index (χ2n) is 5.36. The van der Waals surface area contributed by atoms with Crippen LogP contribution in [0, 0.1) is 0 Å². The predicted molar refractivity (Wildman–Crippen MR) is 68.8 cm³/mol. The number of halogens is 3. The largest absolute Gasteiger partial charge is 0.416 e. The van der Waals surface area contributed by atoms with E-state index in [2.05, 4.69) is 24.1 Å². The van der Waals surface area contributed by atoms with E-state index in [1.807, 2.05) is 0 Å². The van der Waals surface area contributed by atoms with Gasteiger partial charge in [-0.25, -0.2) is 0 Å². The molecule has 0 bridgehead atoms. The Morgan fingerprint density at radius 2 is 1.84 bits per heavy atom. The molecule has 1 aromatic rings. The molecular weight excluding hydrogens is 253 g/mol. The number of alkyl halides is 3. The second kappa shape index (κ2) is 5.51. The van der Waals surface area contributed by atoms with E-state index in [4.69, 9.17) is 0 Å². The number of hydrogen-bond donors (Lipinski definition) is 1. The minimum atomic E-state index is -4.26. The Labute approximate surface area is 111 Å². The van der Waals surface area contributed by atoms with Crippen molar-refractivity contribution in [2.45, 2.75) is 38.7 Å². The van der Waals surface area contributed by atoms with Gasteiger partial charge in [0.1, 0.15) is 0 Å². The average Bonchev–Trinajstić information content (AvgIpc) is 2.26. The monoisotopic (exact) mass is 272 g/mol. The molecule has 2 rings (SSSR count). The third-order valence-corrected chi connectivity index (χ3v) is 3.29. The van der Waals surface area contributed by atoms with Crippen molar-refractivity contribution in [1.29, 1.82) is 0 Å². The molecule has 0 radical (unpaired) electrons. The zero-order chi connectivity index (χ0) is 14.0. The van der Waals surface area contributed by atoms with Gasteiger partial charge >= 0.3 is 6.18 Å². The molecule has 0 aromatic heterocycles. The molecule has 1 fully saturated rings. The van der Waals surface area contributed by atoms with Crippen LogP contribution in [-0.2, 0) is 12.7 Å². The molecule has 19 heavy (non-hydrogen) atoms. The van der Waals surface area contributed by atoms with E-state index < -0.39 is 11.7 Å². The van der Waals surface area contributed by atoms with Gasteiger partial charge < -0.3 is 5.32 Å². The Hall–Kier alpha value is -1.07. The van der Waals surface area contributed by atoms with Gasteiger partial charge in [-0.3, -0.25) is 4.90 Å². The van der Waals surface area contributed by atoms with Crippen molar-refractivity contribution in [3.05, 3.63) is 35.4 Å². The summed E-state index contributed by atoms with van der Waals surface area (Å²) in [5, 5.41) is 3.41. The smallest absolute Gasteiger partial charge is 0.309 e. The van der Waals surface area contributed by atoms with E-state index in [1.54, 1.807) is 6.07 Å². The lowest BCUT2D eigenvalue weighted by Crippen LogP contribution is -2.53. The van der Waals surface area contributed by atoms with Crippen LogP contribution in [0.2, 0.25) is 0 Å². The summed E-state index contributed by atoms with van der Waals surface area (Å²) < 4.78 is 37.9. The Morgan fingerprint density at radius 1 is 1.21 bits per heavy atom. The van der Waals surface area contributed by atoms with Crippen molar-refractivity contribution >= 4 is 0 Å². The molecule has 0 spiro atoms. The fraction of sp³-hybridized carbons (Fsp3) is 0.571. The topological polar surface area (TPSA) is 15.3 Å². The van der Waals surface area contributed by atoms with Gasteiger partial charge in [-0.2, -0.15) is 13.2 Å². The van der Waals surface area contributed by atoms with Gasteiger partial charge in [0.2, 0.25) is 0 Å². The summed E-state index contributed by atoms with van der Waals surface area (Å²) in [4.78, 5) is 2.20. The van der Waals surface area contributed by atoms with Crippen molar-refractivity contribution in [2.24, 2.45) is 0 Å². The third kappa shape index (κ3) is 3.94. The number of rotatable bonds is 2. The van der Waals surface area contributed by atoms with E-state index in [1.165, 1.54) is 12.1 Å². The molecule has 0 amide bonds. The number of benzene rings is 1. The summed E-state index contributed by atoms with van der Waals surface area (Å²) in [6, 6.07) is 6.34. The van der Waals surface area contributed by atoms with Crippen LogP contribution in [0.1, 0.15) is 25.0 Å². The molecule has 1 aliphatic rings. The summed E-state index contributed by atoms with van der Waals surface area (Å²) in [5.74, 6) is 0. The summed E-state index contributed by atoms with van der Waals surface area (Å²) in [6.07, 6.45) is -4.26. The standard InChI is InChI=1S/C14H19F3N2/c1-10-7-19(8-11(2)18-10)9-12-4-3-5-13(6-12)14(15,16)17/h3-6,10-11,18H,7-9H2,1-2H3/t10-,11+. The molecule has 1 aliphatic heterocycles. The molecule has 2 atom stereocenters. The van der Waals surface area contributed by atoms with Crippen LogP contribution in [-0.4, -0.2) is 30.1 Å². The van der Waals surface area contributed by atoms with Crippen LogP contribution in [0.3, 0.4) is 0 Å². The SMILES string of the molecule is C[C@@H]1CN(Cc2cccc(C(F)(F)F)c2)C[C@H](C)N1. The molecule has 1 N–H and O–H groups in total. The second-order valence-corrected chi connectivity index (χ2v) is 5.36. The van der Waals surface area contributed by atoms with Crippen LogP contribution in [0.5, 0.6) is 0 Å². The van der Waals surface area contributed by atoms with Crippen LogP contribution >= 0.6 is 0 Å². The maximum absolute atomic E-state index is 12.6. The first kappa shape index (κ1) is 14.3. The van der Waals surface area contributed by atoms with Crippen LogP contribution in [0.25, 0.3) is 0 Å². The number of hydrogen-bond acceptors (Lipinski definition) is 2. The summed E-state index contributed by atoms with van der Waals surface area (Å²) in [7, 11) is 0. The summed E-state index contributed by atoms with van der Waals surface area (Å²) in [6.45, 7) is 6.48. The van der Waals surface area contributed by atoms with Crippen LogP contribution in [0.4, 0.5) is 13.2 Å². The molecule has 0 saturated carbocycles. The zero-order valence-electron chi connectivity index (χ0n) is 11.2. The highest BCUT2D eigenvalue weighted by atomic mass is 19.4. The first-order valence-corrected chi connectivity index (χ1v) is 6.49. The maximum atomic E-state index is 12.6. The first-order valence-electron chi connectivity index (χ1n) is 6.49. The quantitative estimate of drug-likeness (QED) is 0.890. The van der Waals surface area contributed by atoms with Gasteiger partial charge in [0.25, 0.3) is 0 Å². The molecule has 2 nitrogen and oxygen atoms in total. The fourth-order valence-corrected chi connectivity index (χ4v) is 2.67. The highest BCUT2D eigenvalue weighted by Crippen LogP contribution is 2.29. The number of nitrogens with one attached hydrogen (secondary N) is 1. The van der Waals surface area contributed by atoms with Crippen LogP contribution < -0.4 is 5.32 Å². The van der Waals surface area contributed by atoms with Crippen molar-refractivity contribution in [3.8, 4) is 0 Å². The Morgan fingerprint density at radius 3 is 2.42 bits per heavy atom. The molecule has 1 heterocycles. The van der Waals surface area contributed by atoms with Gasteiger partial charge in [0.15, 0.2) is 0 Å². The van der Waals surface area contributed by atoms with Crippen molar-refractivity contribution in [2.75, 3.05) is 13.1 Å². The van der Waals surface area contributed by atoms with E-state index in [0.29, 0.717) is 18.6 Å².